The van der Waals surface area contributed by atoms with Crippen LogP contribution in [0.5, 0.6) is 0 Å². The number of carbonyl (C=O) groups is 2. The normalized spacial score (nSPS) is 18.2. The molecule has 1 aliphatic rings. The molecule has 1 aromatic heterocycles. The van der Waals surface area contributed by atoms with Crippen molar-refractivity contribution in [1.82, 2.24) is 15.2 Å². The number of hydrogen-bond donors (Lipinski definition) is 1. The number of hydrogen-bond acceptors (Lipinski definition) is 4. The molecule has 0 bridgehead atoms. The first-order valence-corrected chi connectivity index (χ1v) is 10.9. The number of morpholine rings is 1. The zero-order chi connectivity index (χ0) is 22.4. The zero-order valence-electron chi connectivity index (χ0n) is 18.2. The van der Waals surface area contributed by atoms with Gasteiger partial charge in [0.05, 0.1) is 18.7 Å². The summed E-state index contributed by atoms with van der Waals surface area (Å²) >= 11 is 0. The number of nitrogens with one attached hydrogen (secondary N) is 1. The van der Waals surface area contributed by atoms with Crippen LogP contribution in [0.15, 0.2) is 79.1 Å². The van der Waals surface area contributed by atoms with E-state index < -0.39 is 5.60 Å². The summed E-state index contributed by atoms with van der Waals surface area (Å²) in [5, 5.41) is 2.92. The van der Waals surface area contributed by atoms with Crippen molar-refractivity contribution < 1.29 is 14.3 Å². The van der Waals surface area contributed by atoms with E-state index in [0.717, 1.165) is 16.7 Å². The molecule has 0 unspecified atom stereocenters. The highest BCUT2D eigenvalue weighted by Crippen LogP contribution is 2.30. The van der Waals surface area contributed by atoms with E-state index in [-0.39, 0.29) is 25.0 Å². The Morgan fingerprint density at radius 3 is 2.59 bits per heavy atom. The molecular formula is C26H27N3O3. The maximum absolute atomic E-state index is 13.3. The van der Waals surface area contributed by atoms with Crippen LogP contribution in [0, 0.1) is 0 Å². The van der Waals surface area contributed by atoms with Crippen LogP contribution in [0.2, 0.25) is 0 Å². The van der Waals surface area contributed by atoms with Crippen LogP contribution >= 0.6 is 0 Å². The molecule has 0 radical (unpaired) electrons. The molecule has 0 saturated carbocycles. The Hall–Kier alpha value is -3.51. The monoisotopic (exact) mass is 429 g/mol. The van der Waals surface area contributed by atoms with Crippen molar-refractivity contribution in [3.05, 3.63) is 90.3 Å². The highest BCUT2D eigenvalue weighted by atomic mass is 16.5. The first-order valence-electron chi connectivity index (χ1n) is 10.9. The Morgan fingerprint density at radius 1 is 1.06 bits per heavy atom. The Labute approximate surface area is 188 Å². The molecule has 32 heavy (non-hydrogen) atoms. The lowest BCUT2D eigenvalue weighted by molar-refractivity contribution is -0.157. The van der Waals surface area contributed by atoms with Crippen molar-refractivity contribution in [2.75, 3.05) is 26.2 Å². The van der Waals surface area contributed by atoms with Crippen molar-refractivity contribution in [2.24, 2.45) is 0 Å². The third-order valence-corrected chi connectivity index (χ3v) is 5.71. The Morgan fingerprint density at radius 2 is 1.84 bits per heavy atom. The number of ether oxygens (including phenoxy) is 1. The van der Waals surface area contributed by atoms with Crippen LogP contribution in [0.4, 0.5) is 0 Å². The topological polar surface area (TPSA) is 71.5 Å². The molecule has 1 fully saturated rings. The van der Waals surface area contributed by atoms with Crippen LogP contribution < -0.4 is 5.32 Å². The molecule has 0 aliphatic carbocycles. The summed E-state index contributed by atoms with van der Waals surface area (Å²) in [6.07, 6.45) is 3.55. The first-order chi connectivity index (χ1) is 15.6. The number of carbonyl (C=O) groups excluding carboxylic acids is 2. The van der Waals surface area contributed by atoms with E-state index in [9.17, 15) is 9.59 Å². The minimum absolute atomic E-state index is 0.147. The van der Waals surface area contributed by atoms with Gasteiger partial charge in [-0.25, -0.2) is 0 Å². The van der Waals surface area contributed by atoms with Gasteiger partial charge >= 0.3 is 0 Å². The Bertz CT molecular complexity index is 1070. The van der Waals surface area contributed by atoms with Crippen molar-refractivity contribution >= 4 is 11.8 Å². The number of nitrogens with zero attached hydrogens (tertiary/aromatic N) is 2. The summed E-state index contributed by atoms with van der Waals surface area (Å²) in [4.78, 5) is 32.1. The van der Waals surface area contributed by atoms with Gasteiger partial charge in [0.15, 0.2) is 5.60 Å². The Kier molecular flexibility index (Phi) is 6.61. The minimum atomic E-state index is -1.17. The van der Waals surface area contributed by atoms with Gasteiger partial charge in [-0.15, -0.1) is 0 Å². The lowest BCUT2D eigenvalue weighted by Gasteiger charge is -2.42. The predicted molar refractivity (Wildman–Crippen MR) is 123 cm³/mol. The van der Waals surface area contributed by atoms with E-state index in [1.165, 1.54) is 0 Å². The van der Waals surface area contributed by atoms with Gasteiger partial charge in [0.1, 0.15) is 0 Å². The fourth-order valence-corrected chi connectivity index (χ4v) is 4.16. The van der Waals surface area contributed by atoms with Gasteiger partial charge in [0.2, 0.25) is 0 Å². The summed E-state index contributed by atoms with van der Waals surface area (Å²) in [6, 6.07) is 21.6. The molecule has 1 aliphatic heterocycles. The maximum Gasteiger partial charge on any atom is 0.255 e. The second-order valence-corrected chi connectivity index (χ2v) is 7.87. The minimum Gasteiger partial charge on any atom is -0.361 e. The molecule has 1 saturated heterocycles. The van der Waals surface area contributed by atoms with Gasteiger partial charge < -0.3 is 15.0 Å². The van der Waals surface area contributed by atoms with Crippen LogP contribution in [-0.4, -0.2) is 53.5 Å². The van der Waals surface area contributed by atoms with Crippen molar-refractivity contribution in [3.63, 3.8) is 0 Å². The maximum atomic E-state index is 13.3. The number of pyridine rings is 1. The number of benzene rings is 2. The second-order valence-electron chi connectivity index (χ2n) is 7.87. The van der Waals surface area contributed by atoms with Gasteiger partial charge in [0.25, 0.3) is 11.8 Å². The molecule has 2 amide bonds. The summed E-state index contributed by atoms with van der Waals surface area (Å²) in [5.41, 5.74) is 2.46. The van der Waals surface area contributed by atoms with Crippen molar-refractivity contribution in [3.8, 4) is 11.1 Å². The van der Waals surface area contributed by atoms with Crippen molar-refractivity contribution in [1.29, 1.82) is 0 Å². The van der Waals surface area contributed by atoms with Crippen LogP contribution in [0.1, 0.15) is 22.8 Å². The fourth-order valence-electron chi connectivity index (χ4n) is 4.16. The lowest BCUT2D eigenvalue weighted by Crippen LogP contribution is -2.62. The van der Waals surface area contributed by atoms with Crippen LogP contribution in [0.25, 0.3) is 11.1 Å². The standard InChI is InChI=1S/C26H27N3O3/c1-2-28-25(31)26(17-21-11-6-7-13-23(21)20-9-4-3-5-10-20)19-29(15-16-32-26)24(30)22-12-8-14-27-18-22/h3-14,18H,2,15-17,19H2,1H3,(H,28,31)/t26-/m0/s1. The molecule has 2 aromatic carbocycles. The van der Waals surface area contributed by atoms with Gasteiger partial charge in [-0.05, 0) is 35.7 Å². The van der Waals surface area contributed by atoms with Gasteiger partial charge in [-0.2, -0.15) is 0 Å². The number of aromatic nitrogens is 1. The molecule has 1 atom stereocenters. The average molecular weight is 430 g/mol. The van der Waals surface area contributed by atoms with E-state index >= 15 is 0 Å². The lowest BCUT2D eigenvalue weighted by atomic mass is 9.87. The first kappa shape index (κ1) is 21.7. The highest BCUT2D eigenvalue weighted by molar-refractivity contribution is 5.95. The molecule has 2 heterocycles. The summed E-state index contributed by atoms with van der Waals surface area (Å²) in [6.45, 7) is 3.26. The predicted octanol–water partition coefficient (Wildman–Crippen LogP) is 3.34. The molecule has 164 valence electrons. The van der Waals surface area contributed by atoms with Gasteiger partial charge in [-0.1, -0.05) is 54.6 Å². The van der Waals surface area contributed by atoms with E-state index in [2.05, 4.69) is 28.5 Å². The van der Waals surface area contributed by atoms with E-state index in [4.69, 9.17) is 4.74 Å². The molecule has 6 heteroatoms. The van der Waals surface area contributed by atoms with Crippen LogP contribution in [0.3, 0.4) is 0 Å². The zero-order valence-corrected chi connectivity index (χ0v) is 18.2. The summed E-state index contributed by atoms with van der Waals surface area (Å²) in [7, 11) is 0. The van der Waals surface area contributed by atoms with Crippen molar-refractivity contribution in [2.45, 2.75) is 18.9 Å². The van der Waals surface area contributed by atoms with E-state index in [0.29, 0.717) is 25.1 Å². The number of rotatable bonds is 6. The summed E-state index contributed by atoms with van der Waals surface area (Å²) in [5.74, 6) is -0.349. The largest absolute Gasteiger partial charge is 0.361 e. The third kappa shape index (κ3) is 4.55. The van der Waals surface area contributed by atoms with Crippen LogP contribution in [-0.2, 0) is 16.0 Å². The molecule has 0 spiro atoms. The van der Waals surface area contributed by atoms with Gasteiger partial charge in [0, 0.05) is 31.9 Å². The molecule has 6 nitrogen and oxygen atoms in total. The molecule has 3 aromatic rings. The SMILES string of the molecule is CCNC(=O)[C@]1(Cc2ccccc2-c2ccccc2)CN(C(=O)c2cccnc2)CCO1. The molecule has 4 rings (SSSR count). The Balaban J connectivity index is 1.68. The number of amides is 2. The second kappa shape index (κ2) is 9.75. The summed E-state index contributed by atoms with van der Waals surface area (Å²) < 4.78 is 6.17. The molecular weight excluding hydrogens is 402 g/mol. The quantitative estimate of drug-likeness (QED) is 0.652. The molecule has 1 N–H and O–H groups in total. The van der Waals surface area contributed by atoms with E-state index in [1.807, 2.05) is 43.3 Å². The third-order valence-electron chi connectivity index (χ3n) is 5.71. The highest BCUT2D eigenvalue weighted by Gasteiger charge is 2.45. The van der Waals surface area contributed by atoms with Gasteiger partial charge in [-0.3, -0.25) is 14.6 Å². The number of likely N-dealkylation sites (N-methyl/N-ethyl adjacent to an activating group) is 1. The average Bonchev–Trinajstić information content (AvgIpc) is 2.85. The van der Waals surface area contributed by atoms with E-state index in [1.54, 1.807) is 29.4 Å². The fraction of sp³-hybridized carbons (Fsp3) is 0.269. The smallest absolute Gasteiger partial charge is 0.255 e.